The molecule has 1 aromatic rings. The molecular weight excluding hydrogens is 232 g/mol. The first kappa shape index (κ1) is 12.8. The van der Waals surface area contributed by atoms with Crippen molar-refractivity contribution in [1.82, 2.24) is 10.6 Å². The van der Waals surface area contributed by atoms with E-state index in [-0.39, 0.29) is 17.7 Å². The Morgan fingerprint density at radius 1 is 1.33 bits per heavy atom. The number of aryl methyl sites for hydroxylation is 2. The third-order valence-electron chi connectivity index (χ3n) is 3.33. The first-order valence-electron chi connectivity index (χ1n) is 6.20. The molecule has 1 aromatic heterocycles. The van der Waals surface area contributed by atoms with Gasteiger partial charge in [0.05, 0.1) is 11.8 Å². The molecule has 1 aliphatic heterocycles. The predicted octanol–water partition coefficient (Wildman–Crippen LogP) is 1.15. The number of nitrogens with one attached hydrogen (secondary N) is 2. The van der Waals surface area contributed by atoms with Gasteiger partial charge in [-0.15, -0.1) is 0 Å². The molecule has 5 nitrogen and oxygen atoms in total. The van der Waals surface area contributed by atoms with Crippen LogP contribution in [0.5, 0.6) is 0 Å². The second-order valence-electron chi connectivity index (χ2n) is 4.69. The molecule has 2 N–H and O–H groups in total. The molecule has 2 heterocycles. The number of furan rings is 1. The Morgan fingerprint density at radius 2 is 2.00 bits per heavy atom. The lowest BCUT2D eigenvalue weighted by atomic mass is 9.97. The van der Waals surface area contributed by atoms with Gasteiger partial charge in [0.2, 0.25) is 5.91 Å². The SMILES string of the molecule is Cc1coc(C)c1C(=O)NC(=O)C1CCNCC1. The van der Waals surface area contributed by atoms with Crippen molar-refractivity contribution in [3.8, 4) is 0 Å². The third-order valence-corrected chi connectivity index (χ3v) is 3.33. The number of imide groups is 1. The normalized spacial score (nSPS) is 16.6. The summed E-state index contributed by atoms with van der Waals surface area (Å²) in [5, 5.41) is 5.66. The van der Waals surface area contributed by atoms with Crippen LogP contribution in [-0.2, 0) is 4.79 Å². The summed E-state index contributed by atoms with van der Waals surface area (Å²) in [6.07, 6.45) is 3.09. The van der Waals surface area contributed by atoms with Crippen molar-refractivity contribution in [2.24, 2.45) is 5.92 Å². The maximum Gasteiger partial charge on any atom is 0.261 e. The number of piperidine rings is 1. The number of carbonyl (C=O) groups excluding carboxylic acids is 2. The monoisotopic (exact) mass is 250 g/mol. The third kappa shape index (κ3) is 2.61. The van der Waals surface area contributed by atoms with Gasteiger partial charge in [0.25, 0.3) is 5.91 Å². The van der Waals surface area contributed by atoms with Gasteiger partial charge in [-0.3, -0.25) is 14.9 Å². The highest BCUT2D eigenvalue weighted by Gasteiger charge is 2.24. The first-order chi connectivity index (χ1) is 8.59. The van der Waals surface area contributed by atoms with Gasteiger partial charge < -0.3 is 9.73 Å². The lowest BCUT2D eigenvalue weighted by molar-refractivity contribution is -0.124. The van der Waals surface area contributed by atoms with Gasteiger partial charge in [0.15, 0.2) is 0 Å². The van der Waals surface area contributed by atoms with Gasteiger partial charge >= 0.3 is 0 Å². The molecule has 0 radical (unpaired) electrons. The lowest BCUT2D eigenvalue weighted by Gasteiger charge is -2.21. The van der Waals surface area contributed by atoms with Gasteiger partial charge in [-0.2, -0.15) is 0 Å². The molecule has 1 fully saturated rings. The van der Waals surface area contributed by atoms with Crippen molar-refractivity contribution < 1.29 is 14.0 Å². The molecular formula is C13H18N2O3. The summed E-state index contributed by atoms with van der Waals surface area (Å²) >= 11 is 0. The highest BCUT2D eigenvalue weighted by molar-refractivity contribution is 6.06. The molecule has 0 aliphatic carbocycles. The zero-order chi connectivity index (χ0) is 13.1. The van der Waals surface area contributed by atoms with Crippen LogP contribution in [0.4, 0.5) is 0 Å². The van der Waals surface area contributed by atoms with Gasteiger partial charge in [-0.25, -0.2) is 0 Å². The number of carbonyl (C=O) groups is 2. The Bertz CT molecular complexity index is 439. The maximum absolute atomic E-state index is 12.0. The van der Waals surface area contributed by atoms with E-state index in [2.05, 4.69) is 10.6 Å². The average Bonchev–Trinajstić information content (AvgIpc) is 2.70. The van der Waals surface area contributed by atoms with E-state index < -0.39 is 0 Å². The van der Waals surface area contributed by atoms with E-state index in [4.69, 9.17) is 4.42 Å². The van der Waals surface area contributed by atoms with E-state index in [1.165, 1.54) is 6.26 Å². The maximum atomic E-state index is 12.0. The Kier molecular flexibility index (Phi) is 3.81. The van der Waals surface area contributed by atoms with Crippen LogP contribution in [0.2, 0.25) is 0 Å². The minimum atomic E-state index is -0.359. The number of hydrogen-bond acceptors (Lipinski definition) is 4. The van der Waals surface area contributed by atoms with Gasteiger partial charge in [0, 0.05) is 11.5 Å². The summed E-state index contributed by atoms with van der Waals surface area (Å²) in [5.74, 6) is -0.0605. The molecule has 0 saturated carbocycles. The topological polar surface area (TPSA) is 71.3 Å². The molecule has 0 spiro atoms. The fourth-order valence-corrected chi connectivity index (χ4v) is 2.27. The average molecular weight is 250 g/mol. The van der Waals surface area contributed by atoms with Crippen molar-refractivity contribution >= 4 is 11.8 Å². The van der Waals surface area contributed by atoms with Crippen molar-refractivity contribution in [2.45, 2.75) is 26.7 Å². The van der Waals surface area contributed by atoms with Crippen LogP contribution in [0, 0.1) is 19.8 Å². The van der Waals surface area contributed by atoms with E-state index in [1.54, 1.807) is 13.8 Å². The number of hydrogen-bond donors (Lipinski definition) is 2. The van der Waals surface area contributed by atoms with Crippen LogP contribution in [0.3, 0.4) is 0 Å². The molecule has 5 heteroatoms. The summed E-state index contributed by atoms with van der Waals surface area (Å²) in [5.41, 5.74) is 1.22. The second kappa shape index (κ2) is 5.35. The molecule has 1 aliphatic rings. The van der Waals surface area contributed by atoms with Crippen LogP contribution in [0.1, 0.15) is 34.5 Å². The van der Waals surface area contributed by atoms with Crippen LogP contribution < -0.4 is 10.6 Å². The second-order valence-corrected chi connectivity index (χ2v) is 4.69. The van der Waals surface area contributed by atoms with E-state index in [0.717, 1.165) is 31.5 Å². The van der Waals surface area contributed by atoms with Gasteiger partial charge in [-0.1, -0.05) is 0 Å². The van der Waals surface area contributed by atoms with Crippen LogP contribution in [-0.4, -0.2) is 24.9 Å². The van der Waals surface area contributed by atoms with E-state index in [0.29, 0.717) is 11.3 Å². The molecule has 0 bridgehead atoms. The number of rotatable bonds is 2. The Morgan fingerprint density at radius 3 is 2.56 bits per heavy atom. The highest BCUT2D eigenvalue weighted by Crippen LogP contribution is 2.16. The van der Waals surface area contributed by atoms with E-state index >= 15 is 0 Å². The van der Waals surface area contributed by atoms with Gasteiger partial charge in [-0.05, 0) is 39.8 Å². The summed E-state index contributed by atoms with van der Waals surface area (Å²) in [4.78, 5) is 23.9. The van der Waals surface area contributed by atoms with Crippen molar-refractivity contribution in [3.63, 3.8) is 0 Å². The summed E-state index contributed by atoms with van der Waals surface area (Å²) in [6.45, 7) is 5.17. The molecule has 0 unspecified atom stereocenters. The first-order valence-corrected chi connectivity index (χ1v) is 6.20. The molecule has 0 atom stereocenters. The zero-order valence-corrected chi connectivity index (χ0v) is 10.7. The lowest BCUT2D eigenvalue weighted by Crippen LogP contribution is -2.40. The van der Waals surface area contributed by atoms with E-state index in [1.807, 2.05) is 0 Å². The molecule has 98 valence electrons. The van der Waals surface area contributed by atoms with Crippen LogP contribution >= 0.6 is 0 Å². The minimum absolute atomic E-state index is 0.0669. The Hall–Kier alpha value is -1.62. The van der Waals surface area contributed by atoms with Crippen molar-refractivity contribution in [3.05, 3.63) is 23.2 Å². The molecule has 18 heavy (non-hydrogen) atoms. The summed E-state index contributed by atoms with van der Waals surface area (Å²) in [6, 6.07) is 0. The zero-order valence-electron chi connectivity index (χ0n) is 10.7. The number of amides is 2. The standard InChI is InChI=1S/C13H18N2O3/c1-8-7-18-9(2)11(8)13(17)15-12(16)10-3-5-14-6-4-10/h7,10,14H,3-6H2,1-2H3,(H,15,16,17). The minimum Gasteiger partial charge on any atom is -0.469 e. The molecule has 2 amide bonds. The predicted molar refractivity (Wildman–Crippen MR) is 66.2 cm³/mol. The van der Waals surface area contributed by atoms with Crippen molar-refractivity contribution in [1.29, 1.82) is 0 Å². The van der Waals surface area contributed by atoms with Crippen LogP contribution in [0.15, 0.2) is 10.7 Å². The molecule has 1 saturated heterocycles. The van der Waals surface area contributed by atoms with Crippen LogP contribution in [0.25, 0.3) is 0 Å². The summed E-state index contributed by atoms with van der Waals surface area (Å²) in [7, 11) is 0. The Labute approximate surface area is 106 Å². The highest BCUT2D eigenvalue weighted by atomic mass is 16.3. The Balaban J connectivity index is 2.01. The fourth-order valence-electron chi connectivity index (χ4n) is 2.27. The molecule has 2 rings (SSSR count). The van der Waals surface area contributed by atoms with Gasteiger partial charge in [0.1, 0.15) is 5.76 Å². The summed E-state index contributed by atoms with van der Waals surface area (Å²) < 4.78 is 5.16. The fraction of sp³-hybridized carbons (Fsp3) is 0.538. The molecule has 0 aromatic carbocycles. The van der Waals surface area contributed by atoms with Crippen molar-refractivity contribution in [2.75, 3.05) is 13.1 Å². The largest absolute Gasteiger partial charge is 0.469 e. The van der Waals surface area contributed by atoms with E-state index in [9.17, 15) is 9.59 Å². The quantitative estimate of drug-likeness (QED) is 0.772. The smallest absolute Gasteiger partial charge is 0.261 e.